The van der Waals surface area contributed by atoms with Crippen LogP contribution in [-0.2, 0) is 4.79 Å². The Hall–Kier alpha value is -2.32. The third-order valence-corrected chi connectivity index (χ3v) is 4.83. The van der Waals surface area contributed by atoms with Crippen molar-refractivity contribution in [3.05, 3.63) is 63.5 Å². The highest BCUT2D eigenvalue weighted by molar-refractivity contribution is 9.10. The highest BCUT2D eigenvalue weighted by atomic mass is 79.9. The molecule has 0 fully saturated rings. The van der Waals surface area contributed by atoms with Gasteiger partial charge < -0.3 is 4.42 Å². The largest absolute Gasteiger partial charge is 0.465 e. The number of carbonyl (C=O) groups is 1. The molecule has 126 valence electrons. The molecule has 2 aliphatic heterocycles. The molecule has 3 heterocycles. The van der Waals surface area contributed by atoms with Crippen LogP contribution in [0.2, 0.25) is 0 Å². The number of fused-ring (bicyclic) bond motifs is 2. The second kappa shape index (κ2) is 6.53. The Bertz CT molecular complexity index is 1010. The van der Waals surface area contributed by atoms with Gasteiger partial charge in [-0.3, -0.25) is 15.1 Å². The van der Waals surface area contributed by atoms with Crippen LogP contribution in [-0.4, -0.2) is 28.5 Å². The Morgan fingerprint density at radius 3 is 3.04 bits per heavy atom. The lowest BCUT2D eigenvalue weighted by Gasteiger charge is -2.32. The molecule has 25 heavy (non-hydrogen) atoms. The summed E-state index contributed by atoms with van der Waals surface area (Å²) >= 11 is 4.83. The van der Waals surface area contributed by atoms with E-state index in [4.69, 9.17) is 9.41 Å². The highest BCUT2D eigenvalue weighted by Crippen LogP contribution is 2.21. The lowest BCUT2D eigenvalue weighted by Crippen LogP contribution is -2.52. The van der Waals surface area contributed by atoms with Crippen LogP contribution >= 0.6 is 27.7 Å². The summed E-state index contributed by atoms with van der Waals surface area (Å²) < 4.78 is 6.21. The Morgan fingerprint density at radius 2 is 2.28 bits per heavy atom. The first-order valence-corrected chi connectivity index (χ1v) is 9.50. The van der Waals surface area contributed by atoms with Gasteiger partial charge in [0.05, 0.1) is 11.6 Å². The van der Waals surface area contributed by atoms with E-state index in [1.54, 1.807) is 11.3 Å². The number of hydrazone groups is 1. The van der Waals surface area contributed by atoms with Gasteiger partial charge in [0.2, 0.25) is 0 Å². The summed E-state index contributed by atoms with van der Waals surface area (Å²) in [5, 5.41) is 11.0. The van der Waals surface area contributed by atoms with Crippen molar-refractivity contribution in [1.29, 1.82) is 0 Å². The molecular formula is C17H13BrN4O2S. The predicted octanol–water partition coefficient (Wildman–Crippen LogP) is 1.89. The maximum atomic E-state index is 12.7. The summed E-state index contributed by atoms with van der Waals surface area (Å²) in [4.78, 5) is 17.4. The number of carbonyl (C=O) groups excluding carboxylic acids is 1. The van der Waals surface area contributed by atoms with E-state index in [9.17, 15) is 4.79 Å². The first kappa shape index (κ1) is 16.2. The molecule has 0 spiro atoms. The van der Waals surface area contributed by atoms with Gasteiger partial charge in [-0.1, -0.05) is 27.7 Å². The van der Waals surface area contributed by atoms with Crippen LogP contribution in [0, 0.1) is 0 Å². The van der Waals surface area contributed by atoms with Crippen molar-refractivity contribution in [1.82, 2.24) is 10.3 Å². The Labute approximate surface area is 156 Å². The summed E-state index contributed by atoms with van der Waals surface area (Å²) in [6, 6.07) is 9.35. The van der Waals surface area contributed by atoms with Crippen LogP contribution in [0.3, 0.4) is 0 Å². The number of hydrogen-bond donors (Lipinski definition) is 1. The number of nitrogens with zero attached hydrogens (tertiary/aromatic N) is 3. The molecule has 0 aliphatic carbocycles. The molecule has 6 nitrogen and oxygen atoms in total. The molecule has 0 radical (unpaired) electrons. The SMILES string of the molecule is CSC1=NN2C(=c3cc(Br)ccc3=NC2/C=C/c2ccco2)C(=O)N1. The van der Waals surface area contributed by atoms with E-state index in [0.29, 0.717) is 16.6 Å². The lowest BCUT2D eigenvalue weighted by molar-refractivity contribution is -0.116. The number of amides is 1. The van der Waals surface area contributed by atoms with E-state index in [1.165, 1.54) is 11.8 Å². The van der Waals surface area contributed by atoms with Gasteiger partial charge >= 0.3 is 0 Å². The summed E-state index contributed by atoms with van der Waals surface area (Å²) in [5.74, 6) is 0.527. The molecule has 1 amide bonds. The Balaban J connectivity index is 1.89. The monoisotopic (exact) mass is 416 g/mol. The summed E-state index contributed by atoms with van der Waals surface area (Å²) in [5.41, 5.74) is 0.484. The van der Waals surface area contributed by atoms with Gasteiger partial charge in [-0.05, 0) is 48.7 Å². The quantitative estimate of drug-likeness (QED) is 0.811. The zero-order chi connectivity index (χ0) is 17.4. The summed E-state index contributed by atoms with van der Waals surface area (Å²) in [7, 11) is 0. The molecule has 4 rings (SSSR count). The predicted molar refractivity (Wildman–Crippen MR) is 101 cm³/mol. The molecular weight excluding hydrogens is 404 g/mol. The highest BCUT2D eigenvalue weighted by Gasteiger charge is 2.32. The third kappa shape index (κ3) is 3.03. The van der Waals surface area contributed by atoms with E-state index in [1.807, 2.05) is 48.7 Å². The van der Waals surface area contributed by atoms with Crippen molar-refractivity contribution in [2.45, 2.75) is 6.17 Å². The van der Waals surface area contributed by atoms with E-state index in [2.05, 4.69) is 26.3 Å². The van der Waals surface area contributed by atoms with E-state index < -0.39 is 6.17 Å². The number of hydrogen-bond acceptors (Lipinski definition) is 6. The summed E-state index contributed by atoms with van der Waals surface area (Å²) in [6.45, 7) is 0. The first-order chi connectivity index (χ1) is 12.2. The number of furan rings is 1. The molecule has 1 atom stereocenters. The molecule has 2 aromatic rings. The van der Waals surface area contributed by atoms with Crippen molar-refractivity contribution in [3.63, 3.8) is 0 Å². The third-order valence-electron chi connectivity index (χ3n) is 3.77. The van der Waals surface area contributed by atoms with E-state index in [0.717, 1.165) is 15.0 Å². The second-order valence-electron chi connectivity index (χ2n) is 5.34. The number of amidine groups is 1. The molecule has 8 heteroatoms. The molecule has 1 aromatic carbocycles. The Kier molecular flexibility index (Phi) is 4.22. The van der Waals surface area contributed by atoms with Gasteiger partial charge in [-0.15, -0.1) is 5.10 Å². The van der Waals surface area contributed by atoms with Gasteiger partial charge in [0.25, 0.3) is 5.91 Å². The number of benzene rings is 1. The average molecular weight is 417 g/mol. The lowest BCUT2D eigenvalue weighted by atomic mass is 10.1. The normalized spacial score (nSPS) is 19.2. The van der Waals surface area contributed by atoms with Gasteiger partial charge in [0, 0.05) is 9.69 Å². The van der Waals surface area contributed by atoms with Crippen LogP contribution in [0.15, 0.2) is 61.7 Å². The smallest absolute Gasteiger partial charge is 0.276 e. The molecule has 1 unspecified atom stereocenters. The van der Waals surface area contributed by atoms with Crippen molar-refractivity contribution >= 4 is 50.5 Å². The van der Waals surface area contributed by atoms with Crippen molar-refractivity contribution in [2.24, 2.45) is 10.1 Å². The second-order valence-corrected chi connectivity index (χ2v) is 7.05. The molecule has 1 N–H and O–H groups in total. The molecule has 0 saturated carbocycles. The first-order valence-electron chi connectivity index (χ1n) is 7.48. The van der Waals surface area contributed by atoms with Gasteiger partial charge in [0.15, 0.2) is 11.3 Å². The van der Waals surface area contributed by atoms with Gasteiger partial charge in [0.1, 0.15) is 11.5 Å². The molecule has 2 aliphatic rings. The zero-order valence-corrected chi connectivity index (χ0v) is 15.5. The van der Waals surface area contributed by atoms with Gasteiger partial charge in [-0.2, -0.15) is 0 Å². The van der Waals surface area contributed by atoms with Crippen molar-refractivity contribution in [2.75, 3.05) is 6.26 Å². The average Bonchev–Trinajstić information content (AvgIpc) is 3.13. The molecule has 0 saturated heterocycles. The minimum absolute atomic E-state index is 0.190. The maximum absolute atomic E-state index is 12.7. The number of nitrogens with one attached hydrogen (secondary N) is 1. The van der Waals surface area contributed by atoms with Crippen molar-refractivity contribution in [3.8, 4) is 0 Å². The van der Waals surface area contributed by atoms with Crippen LogP contribution in [0.1, 0.15) is 5.76 Å². The minimum atomic E-state index is -0.429. The van der Waals surface area contributed by atoms with Crippen LogP contribution in [0.4, 0.5) is 0 Å². The zero-order valence-electron chi connectivity index (χ0n) is 13.1. The fourth-order valence-electron chi connectivity index (χ4n) is 2.66. The molecule has 0 bridgehead atoms. The molecule has 1 aromatic heterocycles. The van der Waals surface area contributed by atoms with E-state index >= 15 is 0 Å². The minimum Gasteiger partial charge on any atom is -0.465 e. The van der Waals surface area contributed by atoms with Crippen LogP contribution in [0.25, 0.3) is 11.8 Å². The van der Waals surface area contributed by atoms with Crippen molar-refractivity contribution < 1.29 is 9.21 Å². The summed E-state index contributed by atoms with van der Waals surface area (Å²) in [6.07, 6.45) is 6.74. The fourth-order valence-corrected chi connectivity index (χ4v) is 3.39. The van der Waals surface area contributed by atoms with Crippen LogP contribution < -0.4 is 15.9 Å². The standard InChI is InChI=1S/C17H13BrN4O2S/c1-25-17-20-16(23)15-12-9-10(18)4-6-13(12)19-14(22(15)21-17)7-5-11-3-2-8-24-11/h2-9,14H,1H3,(H,20,21,23)/b7-5+. The number of rotatable bonds is 2. The number of halogens is 1. The van der Waals surface area contributed by atoms with E-state index in [-0.39, 0.29) is 5.91 Å². The van der Waals surface area contributed by atoms with Gasteiger partial charge in [-0.25, -0.2) is 5.01 Å². The number of thioether (sulfide) groups is 1. The Morgan fingerprint density at radius 1 is 1.40 bits per heavy atom. The fraction of sp³-hybridized carbons (Fsp3) is 0.118. The maximum Gasteiger partial charge on any atom is 0.276 e. The topological polar surface area (TPSA) is 70.2 Å². The van der Waals surface area contributed by atoms with Crippen LogP contribution in [0.5, 0.6) is 0 Å².